The van der Waals surface area contributed by atoms with Crippen molar-refractivity contribution in [3.63, 3.8) is 0 Å². The Bertz CT molecular complexity index is 1170. The summed E-state index contributed by atoms with van der Waals surface area (Å²) in [5.74, 6) is -0.171. The van der Waals surface area contributed by atoms with Gasteiger partial charge in [-0.2, -0.15) is 10.1 Å². The van der Waals surface area contributed by atoms with Gasteiger partial charge in [-0.15, -0.1) is 0 Å². The maximum atomic E-state index is 13.1. The molecule has 3 heterocycles. The van der Waals surface area contributed by atoms with E-state index in [1.807, 2.05) is 43.3 Å². The quantitative estimate of drug-likeness (QED) is 0.557. The van der Waals surface area contributed by atoms with Crippen LogP contribution in [0.3, 0.4) is 0 Å². The van der Waals surface area contributed by atoms with Crippen LogP contribution in [0.15, 0.2) is 66.4 Å². The maximum Gasteiger partial charge on any atom is 0.338 e. The number of benzene rings is 1. The molecule has 0 radical (unpaired) electrons. The zero-order valence-electron chi connectivity index (χ0n) is 18.9. The van der Waals surface area contributed by atoms with Crippen LogP contribution in [-0.4, -0.2) is 44.8 Å². The van der Waals surface area contributed by atoms with E-state index in [4.69, 9.17) is 4.74 Å². The normalized spacial score (nSPS) is 15.2. The number of nitrogens with zero attached hydrogens (tertiary/aromatic N) is 5. The van der Waals surface area contributed by atoms with Crippen LogP contribution in [0.25, 0.3) is 0 Å². The first kappa shape index (κ1) is 22.2. The number of fused-ring (bicyclic) bond motifs is 1. The van der Waals surface area contributed by atoms with E-state index in [-0.39, 0.29) is 19.1 Å². The van der Waals surface area contributed by atoms with Crippen molar-refractivity contribution in [1.82, 2.24) is 25.1 Å². The van der Waals surface area contributed by atoms with Gasteiger partial charge in [0.1, 0.15) is 18.9 Å². The molecule has 0 aliphatic carbocycles. The summed E-state index contributed by atoms with van der Waals surface area (Å²) in [6, 6.07) is 11.1. The number of aryl methyl sites for hydroxylation is 1. The fourth-order valence-corrected chi connectivity index (χ4v) is 3.85. The van der Waals surface area contributed by atoms with Gasteiger partial charge in [-0.3, -0.25) is 9.78 Å². The predicted octanol–water partition coefficient (Wildman–Crippen LogP) is 2.54. The fourth-order valence-electron chi connectivity index (χ4n) is 3.85. The van der Waals surface area contributed by atoms with Crippen LogP contribution in [0.1, 0.15) is 36.6 Å². The number of ether oxygens (including phenoxy) is 1. The smallest absolute Gasteiger partial charge is 0.338 e. The largest absolute Gasteiger partial charge is 0.463 e. The van der Waals surface area contributed by atoms with Crippen LogP contribution in [0.2, 0.25) is 0 Å². The number of aromatic nitrogens is 4. The summed E-state index contributed by atoms with van der Waals surface area (Å²) in [5, 5.41) is 7.29. The Labute approximate surface area is 192 Å². The highest BCUT2D eigenvalue weighted by Crippen LogP contribution is 2.38. The Hall–Kier alpha value is -4.01. The van der Waals surface area contributed by atoms with E-state index >= 15 is 0 Å². The van der Waals surface area contributed by atoms with Gasteiger partial charge in [-0.05, 0) is 38.0 Å². The number of esters is 1. The third-order valence-electron chi connectivity index (χ3n) is 5.51. The van der Waals surface area contributed by atoms with Gasteiger partial charge in [0.15, 0.2) is 0 Å². The maximum absolute atomic E-state index is 13.1. The van der Waals surface area contributed by atoms with Crippen molar-refractivity contribution >= 4 is 17.8 Å². The van der Waals surface area contributed by atoms with Crippen LogP contribution in [0.4, 0.5) is 5.95 Å². The van der Waals surface area contributed by atoms with Crippen molar-refractivity contribution in [2.24, 2.45) is 0 Å². The molecule has 1 N–H and O–H groups in total. The van der Waals surface area contributed by atoms with Crippen LogP contribution in [0.5, 0.6) is 0 Å². The summed E-state index contributed by atoms with van der Waals surface area (Å²) in [6.07, 6.45) is 4.81. The number of amides is 1. The molecule has 1 atom stereocenters. The van der Waals surface area contributed by atoms with Gasteiger partial charge in [0, 0.05) is 24.6 Å². The van der Waals surface area contributed by atoms with Crippen molar-refractivity contribution < 1.29 is 14.3 Å². The summed E-state index contributed by atoms with van der Waals surface area (Å²) in [7, 11) is 0. The van der Waals surface area contributed by atoms with Crippen molar-refractivity contribution in [3.8, 4) is 0 Å². The summed E-state index contributed by atoms with van der Waals surface area (Å²) in [4.78, 5) is 36.0. The standard InChI is InChI=1S/C24H26N6O3/c1-4-33-23(32)21-17(3)29(14-20(31)26-13-18-6-5-11-25-12-18)24-27-15-28-30(24)22(21)19-9-7-16(2)8-10-19/h5-12,15,22H,4,13-14H2,1-3H3,(H,26,31)/t22-/m0/s1. The van der Waals surface area contributed by atoms with Crippen molar-refractivity contribution in [2.45, 2.75) is 33.4 Å². The molecule has 9 nitrogen and oxygen atoms in total. The second-order valence-corrected chi connectivity index (χ2v) is 7.76. The lowest BCUT2D eigenvalue weighted by atomic mass is 9.94. The first-order valence-electron chi connectivity index (χ1n) is 10.8. The number of rotatable bonds is 7. The van der Waals surface area contributed by atoms with E-state index in [1.165, 1.54) is 6.33 Å². The van der Waals surface area contributed by atoms with E-state index in [9.17, 15) is 9.59 Å². The zero-order valence-corrected chi connectivity index (χ0v) is 18.9. The lowest BCUT2D eigenvalue weighted by molar-refractivity contribution is -0.139. The van der Waals surface area contributed by atoms with Crippen molar-refractivity contribution in [1.29, 1.82) is 0 Å². The molecule has 4 rings (SSSR count). The van der Waals surface area contributed by atoms with Gasteiger partial charge in [0.05, 0.1) is 12.2 Å². The Kier molecular flexibility index (Phi) is 6.48. The number of carbonyl (C=O) groups excluding carboxylic acids is 2. The SMILES string of the molecule is CCOC(=O)C1=C(C)N(CC(=O)NCc2cccnc2)c2ncnn2[C@H]1c1ccc(C)cc1. The number of hydrogen-bond acceptors (Lipinski definition) is 7. The Balaban J connectivity index is 1.67. The highest BCUT2D eigenvalue weighted by molar-refractivity contribution is 5.93. The molecule has 2 aromatic heterocycles. The molecule has 3 aromatic rings. The molecule has 0 spiro atoms. The monoisotopic (exact) mass is 446 g/mol. The summed E-state index contributed by atoms with van der Waals surface area (Å²) in [5.41, 5.74) is 3.93. The second kappa shape index (κ2) is 9.64. The van der Waals surface area contributed by atoms with Crippen molar-refractivity contribution in [2.75, 3.05) is 18.1 Å². The molecule has 9 heteroatoms. The topological polar surface area (TPSA) is 102 Å². The van der Waals surface area contributed by atoms with Gasteiger partial charge in [0.25, 0.3) is 0 Å². The second-order valence-electron chi connectivity index (χ2n) is 7.76. The first-order valence-corrected chi connectivity index (χ1v) is 10.8. The zero-order chi connectivity index (χ0) is 23.4. The number of allylic oxidation sites excluding steroid dienone is 1. The summed E-state index contributed by atoms with van der Waals surface area (Å²) < 4.78 is 7.05. The molecule has 0 bridgehead atoms. The fraction of sp³-hybridized carbons (Fsp3) is 0.292. The van der Waals surface area contributed by atoms with Crippen LogP contribution in [0, 0.1) is 6.92 Å². The van der Waals surface area contributed by atoms with Crippen molar-refractivity contribution in [3.05, 3.63) is 83.1 Å². The molecule has 1 aliphatic heterocycles. The van der Waals surface area contributed by atoms with Crippen LogP contribution < -0.4 is 10.2 Å². The molecular weight excluding hydrogens is 420 g/mol. The van der Waals surface area contributed by atoms with E-state index in [1.54, 1.807) is 35.8 Å². The highest BCUT2D eigenvalue weighted by Gasteiger charge is 2.38. The molecule has 170 valence electrons. The molecular formula is C24H26N6O3. The molecule has 1 amide bonds. The van der Waals surface area contributed by atoms with E-state index in [0.29, 0.717) is 23.8 Å². The molecule has 1 aromatic carbocycles. The van der Waals surface area contributed by atoms with E-state index in [2.05, 4.69) is 20.4 Å². The molecule has 0 unspecified atom stereocenters. The minimum Gasteiger partial charge on any atom is -0.463 e. The van der Waals surface area contributed by atoms with E-state index in [0.717, 1.165) is 16.7 Å². The Morgan fingerprint density at radius 1 is 1.15 bits per heavy atom. The van der Waals surface area contributed by atoms with Crippen LogP contribution in [-0.2, 0) is 20.9 Å². The predicted molar refractivity (Wildman–Crippen MR) is 122 cm³/mol. The highest BCUT2D eigenvalue weighted by atomic mass is 16.5. The minimum absolute atomic E-state index is 0.0195. The number of pyridine rings is 1. The van der Waals surface area contributed by atoms with Gasteiger partial charge in [-0.25, -0.2) is 9.48 Å². The number of carbonyl (C=O) groups is 2. The van der Waals surface area contributed by atoms with Gasteiger partial charge >= 0.3 is 5.97 Å². The average Bonchev–Trinajstić information content (AvgIpc) is 3.30. The Morgan fingerprint density at radius 3 is 2.64 bits per heavy atom. The van der Waals surface area contributed by atoms with Gasteiger partial charge in [-0.1, -0.05) is 35.9 Å². The molecule has 33 heavy (non-hydrogen) atoms. The Morgan fingerprint density at radius 2 is 1.94 bits per heavy atom. The number of hydrogen-bond donors (Lipinski definition) is 1. The molecule has 0 saturated carbocycles. The number of nitrogens with one attached hydrogen (secondary N) is 1. The summed E-state index contributed by atoms with van der Waals surface area (Å²) in [6.45, 7) is 6.15. The molecule has 1 aliphatic rings. The summed E-state index contributed by atoms with van der Waals surface area (Å²) >= 11 is 0. The lowest BCUT2D eigenvalue weighted by Gasteiger charge is -2.35. The number of anilines is 1. The molecule has 0 saturated heterocycles. The van der Waals surface area contributed by atoms with Gasteiger partial charge < -0.3 is 15.0 Å². The molecule has 0 fully saturated rings. The van der Waals surface area contributed by atoms with Crippen LogP contribution >= 0.6 is 0 Å². The van der Waals surface area contributed by atoms with E-state index < -0.39 is 12.0 Å². The van der Waals surface area contributed by atoms with Gasteiger partial charge in [0.2, 0.25) is 11.9 Å². The lowest BCUT2D eigenvalue weighted by Crippen LogP contribution is -2.42. The average molecular weight is 447 g/mol. The first-order chi connectivity index (χ1) is 16.0. The minimum atomic E-state index is -0.503. The third kappa shape index (κ3) is 4.62. The third-order valence-corrected chi connectivity index (χ3v) is 5.51.